The molecule has 1 saturated carbocycles. The number of piperidine rings is 1. The smallest absolute Gasteiger partial charge is 0.314 e. The van der Waals surface area contributed by atoms with Gasteiger partial charge in [-0.3, -0.25) is 4.79 Å². The van der Waals surface area contributed by atoms with Crippen molar-refractivity contribution >= 4 is 23.5 Å². The number of rotatable bonds is 4. The van der Waals surface area contributed by atoms with E-state index in [1.54, 1.807) is 0 Å². The fraction of sp³-hybridized carbons (Fsp3) is 0.643. The van der Waals surface area contributed by atoms with E-state index in [1.165, 1.54) is 12.4 Å². The zero-order valence-corrected chi connectivity index (χ0v) is 12.3. The van der Waals surface area contributed by atoms with Gasteiger partial charge in [-0.15, -0.1) is 0 Å². The zero-order chi connectivity index (χ0) is 15.0. The standard InChI is InChI=1S/C14H18ClN3O3/c15-10-6-16-13(17-7-10)18-4-3-11(19)14(8-18,12(20)21)5-9-1-2-9/h6-7,9,11,19H,1-5,8H2,(H,20,21)/t11-,14+/m1/s1. The molecule has 3 rings (SSSR count). The molecule has 2 fully saturated rings. The molecule has 2 N–H and O–H groups in total. The number of anilines is 1. The largest absolute Gasteiger partial charge is 0.481 e. The Balaban J connectivity index is 1.85. The highest BCUT2D eigenvalue weighted by Crippen LogP contribution is 2.45. The van der Waals surface area contributed by atoms with E-state index >= 15 is 0 Å². The molecule has 0 amide bonds. The molecule has 1 aliphatic heterocycles. The molecule has 2 aliphatic rings. The lowest BCUT2D eigenvalue weighted by molar-refractivity contribution is -0.158. The average molecular weight is 312 g/mol. The number of hydrogen-bond acceptors (Lipinski definition) is 5. The van der Waals surface area contributed by atoms with Gasteiger partial charge in [0.25, 0.3) is 0 Å². The summed E-state index contributed by atoms with van der Waals surface area (Å²) in [5, 5.41) is 20.4. The predicted molar refractivity (Wildman–Crippen MR) is 77.3 cm³/mol. The quantitative estimate of drug-likeness (QED) is 0.878. The van der Waals surface area contributed by atoms with E-state index in [2.05, 4.69) is 9.97 Å². The van der Waals surface area contributed by atoms with Gasteiger partial charge in [0.05, 0.1) is 23.5 Å². The molecule has 0 spiro atoms. The Morgan fingerprint density at radius 1 is 1.38 bits per heavy atom. The first-order chi connectivity index (χ1) is 10.0. The maximum atomic E-state index is 11.8. The Morgan fingerprint density at radius 2 is 2.05 bits per heavy atom. The minimum absolute atomic E-state index is 0.238. The van der Waals surface area contributed by atoms with Crippen LogP contribution in [0.15, 0.2) is 12.4 Å². The molecule has 1 aliphatic carbocycles. The first kappa shape index (κ1) is 14.5. The van der Waals surface area contributed by atoms with Crippen LogP contribution in [0.2, 0.25) is 5.02 Å². The van der Waals surface area contributed by atoms with Crippen LogP contribution in [0.1, 0.15) is 25.7 Å². The van der Waals surface area contributed by atoms with Crippen LogP contribution >= 0.6 is 11.6 Å². The van der Waals surface area contributed by atoms with Crippen LogP contribution in [-0.2, 0) is 4.79 Å². The van der Waals surface area contributed by atoms with Crippen molar-refractivity contribution in [3.8, 4) is 0 Å². The fourth-order valence-electron chi connectivity index (χ4n) is 3.05. The van der Waals surface area contributed by atoms with Gasteiger partial charge >= 0.3 is 5.97 Å². The lowest BCUT2D eigenvalue weighted by Crippen LogP contribution is -2.56. The van der Waals surface area contributed by atoms with Gasteiger partial charge in [-0.05, 0) is 18.8 Å². The van der Waals surface area contributed by atoms with Gasteiger partial charge in [-0.2, -0.15) is 0 Å². The second kappa shape index (κ2) is 5.42. The van der Waals surface area contributed by atoms with E-state index in [9.17, 15) is 15.0 Å². The van der Waals surface area contributed by atoms with E-state index in [0.717, 1.165) is 12.8 Å². The van der Waals surface area contributed by atoms with Gasteiger partial charge in [-0.25, -0.2) is 9.97 Å². The number of nitrogens with zero attached hydrogens (tertiary/aromatic N) is 3. The topological polar surface area (TPSA) is 86.5 Å². The Kier molecular flexibility index (Phi) is 3.75. The summed E-state index contributed by atoms with van der Waals surface area (Å²) in [6.45, 7) is 0.782. The highest BCUT2D eigenvalue weighted by molar-refractivity contribution is 6.30. The van der Waals surface area contributed by atoms with E-state index in [4.69, 9.17) is 11.6 Å². The molecule has 1 aromatic heterocycles. The Bertz CT molecular complexity index is 535. The first-order valence-electron chi connectivity index (χ1n) is 7.15. The number of aliphatic hydroxyl groups is 1. The normalized spacial score (nSPS) is 29.4. The molecule has 2 heterocycles. The van der Waals surface area contributed by atoms with Gasteiger partial charge < -0.3 is 15.1 Å². The first-order valence-corrected chi connectivity index (χ1v) is 7.53. The van der Waals surface area contributed by atoms with Gasteiger partial charge in [0.15, 0.2) is 0 Å². The molecule has 0 aromatic carbocycles. The summed E-state index contributed by atoms with van der Waals surface area (Å²) in [4.78, 5) is 22.0. The Hall–Kier alpha value is -1.40. The van der Waals surface area contributed by atoms with E-state index in [1.807, 2.05) is 4.90 Å². The summed E-state index contributed by atoms with van der Waals surface area (Å²) >= 11 is 5.78. The van der Waals surface area contributed by atoms with Gasteiger partial charge in [0.1, 0.15) is 5.41 Å². The summed E-state index contributed by atoms with van der Waals surface area (Å²) in [6.07, 6.45) is 5.21. The monoisotopic (exact) mass is 311 g/mol. The lowest BCUT2D eigenvalue weighted by Gasteiger charge is -2.43. The minimum Gasteiger partial charge on any atom is -0.481 e. The van der Waals surface area contributed by atoms with Crippen molar-refractivity contribution in [3.05, 3.63) is 17.4 Å². The molecule has 7 heteroatoms. The molecular weight excluding hydrogens is 294 g/mol. The van der Waals surface area contributed by atoms with Crippen LogP contribution < -0.4 is 4.90 Å². The SMILES string of the molecule is O=C(O)[C@@]1(CC2CC2)CN(c2ncc(Cl)cn2)CC[C@H]1O. The maximum Gasteiger partial charge on any atom is 0.314 e. The number of aliphatic hydroxyl groups excluding tert-OH is 1. The molecule has 0 radical (unpaired) electrons. The van der Waals surface area contributed by atoms with Gasteiger partial charge in [-0.1, -0.05) is 24.4 Å². The van der Waals surface area contributed by atoms with Crippen molar-refractivity contribution < 1.29 is 15.0 Å². The molecular formula is C14H18ClN3O3. The van der Waals surface area contributed by atoms with Crippen LogP contribution in [-0.4, -0.2) is 45.3 Å². The number of aliphatic carboxylic acids is 1. The Labute approximate surface area is 127 Å². The van der Waals surface area contributed by atoms with Gasteiger partial charge in [0.2, 0.25) is 5.95 Å². The summed E-state index contributed by atoms with van der Waals surface area (Å²) in [5.41, 5.74) is -1.12. The average Bonchev–Trinajstić information content (AvgIpc) is 3.26. The van der Waals surface area contributed by atoms with E-state index in [0.29, 0.717) is 36.3 Å². The van der Waals surface area contributed by atoms with Crippen LogP contribution in [0.5, 0.6) is 0 Å². The molecule has 1 aromatic rings. The van der Waals surface area contributed by atoms with Crippen molar-refractivity contribution in [3.63, 3.8) is 0 Å². The minimum atomic E-state index is -1.12. The third-order valence-corrected chi connectivity index (χ3v) is 4.64. The third-order valence-electron chi connectivity index (χ3n) is 4.45. The molecule has 21 heavy (non-hydrogen) atoms. The van der Waals surface area contributed by atoms with Gasteiger partial charge in [0, 0.05) is 13.1 Å². The molecule has 6 nitrogen and oxygen atoms in total. The summed E-state index contributed by atoms with van der Waals surface area (Å²) < 4.78 is 0. The predicted octanol–water partition coefficient (Wildman–Crippen LogP) is 1.57. The number of carboxylic acid groups (broad SMARTS) is 1. The molecule has 114 valence electrons. The fourth-order valence-corrected chi connectivity index (χ4v) is 3.15. The second-order valence-electron chi connectivity index (χ2n) is 6.04. The summed E-state index contributed by atoms with van der Waals surface area (Å²) in [7, 11) is 0. The van der Waals surface area contributed by atoms with Crippen molar-refractivity contribution in [2.24, 2.45) is 11.3 Å². The maximum absolute atomic E-state index is 11.8. The van der Waals surface area contributed by atoms with Crippen molar-refractivity contribution in [1.82, 2.24) is 9.97 Å². The number of carboxylic acids is 1. The molecule has 0 bridgehead atoms. The Morgan fingerprint density at radius 3 is 2.62 bits per heavy atom. The molecule has 2 atom stereocenters. The number of carbonyl (C=O) groups is 1. The summed E-state index contributed by atoms with van der Waals surface area (Å²) in [5.74, 6) is -0.0462. The zero-order valence-electron chi connectivity index (χ0n) is 11.6. The lowest BCUT2D eigenvalue weighted by atomic mass is 9.73. The van der Waals surface area contributed by atoms with Crippen molar-refractivity contribution in [1.29, 1.82) is 0 Å². The van der Waals surface area contributed by atoms with Crippen LogP contribution in [0.4, 0.5) is 5.95 Å². The highest BCUT2D eigenvalue weighted by atomic mass is 35.5. The highest BCUT2D eigenvalue weighted by Gasteiger charge is 2.52. The third kappa shape index (κ3) is 2.82. The van der Waals surface area contributed by atoms with Crippen LogP contribution in [0, 0.1) is 11.3 Å². The van der Waals surface area contributed by atoms with Crippen LogP contribution in [0.25, 0.3) is 0 Å². The molecule has 1 saturated heterocycles. The van der Waals surface area contributed by atoms with Crippen molar-refractivity contribution in [2.45, 2.75) is 31.8 Å². The number of hydrogen-bond donors (Lipinski definition) is 2. The second-order valence-corrected chi connectivity index (χ2v) is 6.47. The van der Waals surface area contributed by atoms with Crippen LogP contribution in [0.3, 0.4) is 0 Å². The molecule has 0 unspecified atom stereocenters. The summed E-state index contributed by atoms with van der Waals surface area (Å²) in [6, 6.07) is 0. The number of halogens is 1. The van der Waals surface area contributed by atoms with E-state index < -0.39 is 17.5 Å². The van der Waals surface area contributed by atoms with E-state index in [-0.39, 0.29) is 6.54 Å². The van der Waals surface area contributed by atoms with Crippen molar-refractivity contribution in [2.75, 3.05) is 18.0 Å². The number of aromatic nitrogens is 2.